The first-order valence-electron chi connectivity index (χ1n) is 5.91. The first-order chi connectivity index (χ1) is 8.97. The molecule has 0 saturated heterocycles. The average molecular weight is 269 g/mol. The molecular formula is C13H16FNO4. The fourth-order valence-corrected chi connectivity index (χ4v) is 1.46. The van der Waals surface area contributed by atoms with Crippen LogP contribution in [0.5, 0.6) is 0 Å². The largest absolute Gasteiger partial charge is 0.463 e. The molecule has 1 aromatic rings. The third-order valence-corrected chi connectivity index (χ3v) is 2.33. The van der Waals surface area contributed by atoms with Gasteiger partial charge in [0, 0.05) is 5.69 Å². The number of ether oxygens (including phenoxy) is 2. The topological polar surface area (TPSA) is 78.6 Å². The molecule has 1 aromatic carbocycles. The van der Waals surface area contributed by atoms with E-state index in [0.29, 0.717) is 0 Å². The molecule has 0 aliphatic heterocycles. The molecule has 2 N–H and O–H groups in total. The second-order valence-corrected chi connectivity index (χ2v) is 3.83. The van der Waals surface area contributed by atoms with Crippen molar-refractivity contribution in [1.29, 1.82) is 0 Å². The molecular weight excluding hydrogens is 253 g/mol. The maximum absolute atomic E-state index is 13.1. The molecule has 19 heavy (non-hydrogen) atoms. The van der Waals surface area contributed by atoms with E-state index in [9.17, 15) is 14.0 Å². The number of nitrogen functional groups attached to an aromatic ring is 1. The van der Waals surface area contributed by atoms with Crippen LogP contribution < -0.4 is 5.73 Å². The number of benzene rings is 1. The van der Waals surface area contributed by atoms with E-state index in [2.05, 4.69) is 0 Å². The summed E-state index contributed by atoms with van der Waals surface area (Å²) in [6.45, 7) is 3.52. The van der Waals surface area contributed by atoms with Crippen LogP contribution in [-0.4, -0.2) is 24.6 Å². The van der Waals surface area contributed by atoms with Gasteiger partial charge < -0.3 is 15.2 Å². The van der Waals surface area contributed by atoms with Gasteiger partial charge in [-0.2, -0.15) is 0 Å². The lowest BCUT2D eigenvalue weighted by molar-refractivity contribution is -0.153. The van der Waals surface area contributed by atoms with Gasteiger partial charge in [0.25, 0.3) is 0 Å². The Morgan fingerprint density at radius 2 is 2.00 bits per heavy atom. The van der Waals surface area contributed by atoms with Crippen molar-refractivity contribution >= 4 is 17.6 Å². The van der Waals surface area contributed by atoms with Gasteiger partial charge in [0.05, 0.1) is 12.2 Å². The van der Waals surface area contributed by atoms with E-state index in [1.165, 1.54) is 6.07 Å². The van der Waals surface area contributed by atoms with E-state index in [0.717, 1.165) is 12.1 Å². The molecule has 0 aliphatic carbocycles. The molecule has 0 fully saturated rings. The fourth-order valence-electron chi connectivity index (χ4n) is 1.46. The Hall–Kier alpha value is -2.11. The van der Waals surface area contributed by atoms with E-state index in [-0.39, 0.29) is 24.3 Å². The van der Waals surface area contributed by atoms with Crippen molar-refractivity contribution in [3.63, 3.8) is 0 Å². The zero-order chi connectivity index (χ0) is 14.4. The van der Waals surface area contributed by atoms with Crippen LogP contribution in [0.2, 0.25) is 0 Å². The van der Waals surface area contributed by atoms with E-state index in [1.54, 1.807) is 13.8 Å². The first kappa shape index (κ1) is 14.9. The highest BCUT2D eigenvalue weighted by atomic mass is 19.1. The Balaban J connectivity index is 2.79. The predicted octanol–water partition coefficient (Wildman–Crippen LogP) is 1.91. The van der Waals surface area contributed by atoms with E-state index >= 15 is 0 Å². The molecule has 1 rings (SSSR count). The van der Waals surface area contributed by atoms with Crippen LogP contribution in [0.4, 0.5) is 10.1 Å². The minimum absolute atomic E-state index is 0.0414. The third kappa shape index (κ3) is 4.24. The third-order valence-electron chi connectivity index (χ3n) is 2.33. The van der Waals surface area contributed by atoms with Gasteiger partial charge in [-0.25, -0.2) is 14.0 Å². The zero-order valence-corrected chi connectivity index (χ0v) is 10.8. The molecule has 0 spiro atoms. The second-order valence-electron chi connectivity index (χ2n) is 3.83. The van der Waals surface area contributed by atoms with Gasteiger partial charge in [0.15, 0.2) is 6.10 Å². The molecule has 0 saturated carbocycles. The molecule has 6 heteroatoms. The quantitative estimate of drug-likeness (QED) is 0.652. The normalized spacial score (nSPS) is 11.7. The van der Waals surface area contributed by atoms with Crippen LogP contribution >= 0.6 is 0 Å². The summed E-state index contributed by atoms with van der Waals surface area (Å²) < 4.78 is 22.8. The molecule has 0 amide bonds. The number of halogens is 1. The monoisotopic (exact) mass is 269 g/mol. The summed E-state index contributed by atoms with van der Waals surface area (Å²) in [6, 6.07) is 3.36. The van der Waals surface area contributed by atoms with Crippen LogP contribution in [0.15, 0.2) is 18.2 Å². The summed E-state index contributed by atoms with van der Waals surface area (Å²) in [5, 5.41) is 0. The fraction of sp³-hybridized carbons (Fsp3) is 0.385. The number of rotatable bonds is 5. The number of carbonyl (C=O) groups excluding carboxylic acids is 2. The summed E-state index contributed by atoms with van der Waals surface area (Å²) in [6.07, 6.45) is -0.730. The molecule has 5 nitrogen and oxygen atoms in total. The lowest BCUT2D eigenvalue weighted by Crippen LogP contribution is -2.28. The molecule has 0 aromatic heterocycles. The number of esters is 2. The summed E-state index contributed by atoms with van der Waals surface area (Å²) >= 11 is 0. The molecule has 0 radical (unpaired) electrons. The Labute approximate surface area is 110 Å². The molecule has 0 bridgehead atoms. The summed E-state index contributed by atoms with van der Waals surface area (Å²) in [5.74, 6) is -2.08. The summed E-state index contributed by atoms with van der Waals surface area (Å²) in [5.41, 5.74) is 5.49. The highest BCUT2D eigenvalue weighted by molar-refractivity contribution is 5.92. The first-order valence-corrected chi connectivity index (χ1v) is 5.91. The minimum Gasteiger partial charge on any atom is -0.463 e. The van der Waals surface area contributed by atoms with E-state index in [4.69, 9.17) is 15.2 Å². The van der Waals surface area contributed by atoms with Gasteiger partial charge in [-0.3, -0.25) is 0 Å². The number of nitrogens with two attached hydrogens (primary N) is 1. The summed E-state index contributed by atoms with van der Waals surface area (Å²) in [4.78, 5) is 23.3. The standard InChI is InChI=1S/C13H16FNO4/c1-3-11(13(17)18-4-2)19-12(16)8-5-9(14)7-10(15)6-8/h5-7,11H,3-4,15H2,1-2H3. The Bertz CT molecular complexity index is 455. The van der Waals surface area contributed by atoms with Gasteiger partial charge in [-0.1, -0.05) is 6.92 Å². The van der Waals surface area contributed by atoms with Crippen molar-refractivity contribution in [2.75, 3.05) is 12.3 Å². The van der Waals surface area contributed by atoms with E-state index in [1.807, 2.05) is 0 Å². The van der Waals surface area contributed by atoms with Crippen molar-refractivity contribution in [2.45, 2.75) is 26.4 Å². The van der Waals surface area contributed by atoms with Crippen LogP contribution in [0.25, 0.3) is 0 Å². The highest BCUT2D eigenvalue weighted by Gasteiger charge is 2.23. The van der Waals surface area contributed by atoms with Crippen LogP contribution in [0.1, 0.15) is 30.6 Å². The van der Waals surface area contributed by atoms with Crippen molar-refractivity contribution in [3.05, 3.63) is 29.6 Å². The number of hydrogen-bond donors (Lipinski definition) is 1. The van der Waals surface area contributed by atoms with Crippen molar-refractivity contribution in [1.82, 2.24) is 0 Å². The van der Waals surface area contributed by atoms with Gasteiger partial charge in [-0.05, 0) is 31.5 Å². The molecule has 0 aliphatic rings. The van der Waals surface area contributed by atoms with E-state index < -0.39 is 23.9 Å². The van der Waals surface area contributed by atoms with Gasteiger partial charge in [0.2, 0.25) is 0 Å². The Morgan fingerprint density at radius 1 is 1.32 bits per heavy atom. The minimum atomic E-state index is -1.00. The maximum atomic E-state index is 13.1. The zero-order valence-electron chi connectivity index (χ0n) is 10.8. The predicted molar refractivity (Wildman–Crippen MR) is 66.9 cm³/mol. The Kier molecular flexibility index (Phi) is 5.29. The number of carbonyl (C=O) groups is 2. The molecule has 0 heterocycles. The molecule has 104 valence electrons. The van der Waals surface area contributed by atoms with Crippen molar-refractivity contribution in [2.24, 2.45) is 0 Å². The van der Waals surface area contributed by atoms with Crippen LogP contribution in [0.3, 0.4) is 0 Å². The second kappa shape index (κ2) is 6.72. The maximum Gasteiger partial charge on any atom is 0.347 e. The number of hydrogen-bond acceptors (Lipinski definition) is 5. The highest BCUT2D eigenvalue weighted by Crippen LogP contribution is 2.14. The lowest BCUT2D eigenvalue weighted by atomic mass is 10.2. The number of anilines is 1. The SMILES string of the molecule is CCOC(=O)C(CC)OC(=O)c1cc(N)cc(F)c1. The van der Waals surface area contributed by atoms with Crippen molar-refractivity contribution < 1.29 is 23.5 Å². The van der Waals surface area contributed by atoms with Crippen LogP contribution in [-0.2, 0) is 14.3 Å². The molecule has 1 atom stereocenters. The summed E-state index contributed by atoms with van der Waals surface area (Å²) in [7, 11) is 0. The van der Waals surface area contributed by atoms with Crippen LogP contribution in [0, 0.1) is 5.82 Å². The molecule has 1 unspecified atom stereocenters. The lowest BCUT2D eigenvalue weighted by Gasteiger charge is -2.14. The van der Waals surface area contributed by atoms with Crippen molar-refractivity contribution in [3.8, 4) is 0 Å². The Morgan fingerprint density at radius 3 is 2.53 bits per heavy atom. The van der Waals surface area contributed by atoms with Gasteiger partial charge in [-0.15, -0.1) is 0 Å². The smallest absolute Gasteiger partial charge is 0.347 e. The average Bonchev–Trinajstić information content (AvgIpc) is 2.34. The van der Waals surface area contributed by atoms with Gasteiger partial charge >= 0.3 is 11.9 Å². The van der Waals surface area contributed by atoms with Gasteiger partial charge in [0.1, 0.15) is 5.82 Å².